The highest BCUT2D eigenvalue weighted by atomic mass is 16.5. The van der Waals surface area contributed by atoms with E-state index in [1.165, 1.54) is 5.56 Å². The number of nitrogens with one attached hydrogen (secondary N) is 1. The van der Waals surface area contributed by atoms with Crippen LogP contribution in [0.3, 0.4) is 0 Å². The first-order valence-electron chi connectivity index (χ1n) is 10.6. The summed E-state index contributed by atoms with van der Waals surface area (Å²) in [5.74, 6) is 0.510. The van der Waals surface area contributed by atoms with Gasteiger partial charge in [0.05, 0.1) is 12.5 Å². The Hall–Kier alpha value is -2.49. The van der Waals surface area contributed by atoms with Crippen LogP contribution in [-0.4, -0.2) is 24.7 Å². The van der Waals surface area contributed by atoms with Crippen LogP contribution in [-0.2, 0) is 17.6 Å². The molecule has 0 saturated carbocycles. The third-order valence-electron chi connectivity index (χ3n) is 5.78. The van der Waals surface area contributed by atoms with Crippen molar-refractivity contribution in [3.05, 3.63) is 59.2 Å². The predicted molar refractivity (Wildman–Crippen MR) is 117 cm³/mol. The van der Waals surface area contributed by atoms with Gasteiger partial charge in [-0.1, -0.05) is 44.2 Å². The summed E-state index contributed by atoms with van der Waals surface area (Å²) in [7, 11) is 1.65. The second-order valence-electron chi connectivity index (χ2n) is 8.87. The minimum absolute atomic E-state index is 0.00663. The fourth-order valence-corrected chi connectivity index (χ4v) is 4.38. The summed E-state index contributed by atoms with van der Waals surface area (Å²) in [6, 6.07) is 14.2. The number of phenolic OH excluding ortho intramolecular Hbond substituents is 1. The lowest BCUT2D eigenvalue weighted by molar-refractivity contribution is -0.123. The minimum atomic E-state index is -0.314. The highest BCUT2D eigenvalue weighted by Gasteiger charge is 2.37. The molecule has 1 amide bonds. The number of aryl methyl sites for hydroxylation is 1. The van der Waals surface area contributed by atoms with Gasteiger partial charge in [0.15, 0.2) is 0 Å². The summed E-state index contributed by atoms with van der Waals surface area (Å²) < 4.78 is 5.93. The molecular weight excluding hydrogens is 362 g/mol. The van der Waals surface area contributed by atoms with Crippen molar-refractivity contribution in [1.29, 1.82) is 0 Å². The molecule has 0 spiro atoms. The number of rotatable bonds is 8. The molecule has 4 nitrogen and oxygen atoms in total. The van der Waals surface area contributed by atoms with Gasteiger partial charge in [-0.25, -0.2) is 0 Å². The van der Waals surface area contributed by atoms with Gasteiger partial charge in [-0.15, -0.1) is 0 Å². The second-order valence-corrected chi connectivity index (χ2v) is 8.87. The molecule has 1 aliphatic rings. The van der Waals surface area contributed by atoms with E-state index in [9.17, 15) is 9.90 Å². The van der Waals surface area contributed by atoms with Gasteiger partial charge in [-0.05, 0) is 61.1 Å². The number of hydrogen-bond acceptors (Lipinski definition) is 3. The summed E-state index contributed by atoms with van der Waals surface area (Å²) in [6.45, 7) is 4.97. The van der Waals surface area contributed by atoms with E-state index in [1.807, 2.05) is 12.1 Å². The number of benzene rings is 2. The van der Waals surface area contributed by atoms with Crippen molar-refractivity contribution >= 4 is 5.91 Å². The Balaban J connectivity index is 1.57. The molecule has 0 fully saturated rings. The molecule has 0 bridgehead atoms. The van der Waals surface area contributed by atoms with E-state index in [1.54, 1.807) is 13.1 Å². The van der Waals surface area contributed by atoms with E-state index in [0.29, 0.717) is 12.4 Å². The lowest BCUT2D eigenvalue weighted by atomic mass is 9.68. The summed E-state index contributed by atoms with van der Waals surface area (Å²) in [5.41, 5.74) is 3.17. The van der Waals surface area contributed by atoms with E-state index in [2.05, 4.69) is 43.4 Å². The fourth-order valence-electron chi connectivity index (χ4n) is 4.38. The van der Waals surface area contributed by atoms with Crippen LogP contribution in [0.2, 0.25) is 0 Å². The summed E-state index contributed by atoms with van der Waals surface area (Å²) in [6.07, 6.45) is 5.89. The number of likely N-dealkylation sites (N-methyl/N-ethyl adjacent to an activating group) is 1. The molecule has 29 heavy (non-hydrogen) atoms. The SMILES string of the molecule is CNC(=O)C1CC(C)(C)Cc2cc(OCCCCCc3ccccc3)cc(O)c21. The Labute approximate surface area is 174 Å². The number of ether oxygens (including phenoxy) is 1. The van der Waals surface area contributed by atoms with Crippen LogP contribution in [0.4, 0.5) is 0 Å². The van der Waals surface area contributed by atoms with Crippen LogP contribution in [0, 0.1) is 5.41 Å². The maximum atomic E-state index is 12.4. The average molecular weight is 396 g/mol. The largest absolute Gasteiger partial charge is 0.507 e. The maximum absolute atomic E-state index is 12.4. The van der Waals surface area contributed by atoms with Gasteiger partial charge >= 0.3 is 0 Å². The van der Waals surface area contributed by atoms with Crippen LogP contribution in [0.25, 0.3) is 0 Å². The normalized spacial score (nSPS) is 17.4. The standard InChI is InChI=1S/C25H33NO3/c1-25(2)16-19-14-20(15-22(27)23(19)21(17-25)24(28)26-3)29-13-9-5-8-12-18-10-6-4-7-11-18/h4,6-7,10-11,14-15,21,27H,5,8-9,12-13,16-17H2,1-3H3,(H,26,28). The van der Waals surface area contributed by atoms with Gasteiger partial charge in [0.2, 0.25) is 5.91 Å². The molecule has 0 aromatic heterocycles. The summed E-state index contributed by atoms with van der Waals surface area (Å²) >= 11 is 0. The first-order valence-corrected chi connectivity index (χ1v) is 10.6. The Morgan fingerprint density at radius 1 is 1.17 bits per heavy atom. The van der Waals surface area contributed by atoms with Gasteiger partial charge in [0, 0.05) is 18.7 Å². The molecule has 1 unspecified atom stereocenters. The summed E-state index contributed by atoms with van der Waals surface area (Å²) in [4.78, 5) is 12.4. The molecule has 0 radical (unpaired) electrons. The third kappa shape index (κ3) is 5.53. The molecule has 156 valence electrons. The number of aromatic hydroxyl groups is 1. The average Bonchev–Trinajstić information content (AvgIpc) is 2.69. The predicted octanol–water partition coefficient (Wildman–Crippen LogP) is 4.99. The molecule has 0 aliphatic heterocycles. The minimum Gasteiger partial charge on any atom is -0.507 e. The lowest BCUT2D eigenvalue weighted by Gasteiger charge is -2.36. The van der Waals surface area contributed by atoms with E-state index >= 15 is 0 Å². The number of carbonyl (C=O) groups excluding carboxylic acids is 1. The van der Waals surface area contributed by atoms with Crippen molar-refractivity contribution in [3.63, 3.8) is 0 Å². The number of amides is 1. The molecule has 2 aromatic rings. The number of phenols is 1. The van der Waals surface area contributed by atoms with E-state index in [4.69, 9.17) is 4.74 Å². The Morgan fingerprint density at radius 2 is 1.93 bits per heavy atom. The topological polar surface area (TPSA) is 58.6 Å². The van der Waals surface area contributed by atoms with Crippen molar-refractivity contribution in [1.82, 2.24) is 5.32 Å². The Bertz CT molecular complexity index is 829. The number of hydrogen-bond donors (Lipinski definition) is 2. The smallest absolute Gasteiger partial charge is 0.227 e. The van der Waals surface area contributed by atoms with Crippen LogP contribution < -0.4 is 10.1 Å². The van der Waals surface area contributed by atoms with Gasteiger partial charge in [0.1, 0.15) is 11.5 Å². The molecule has 0 heterocycles. The van der Waals surface area contributed by atoms with Crippen molar-refractivity contribution in [3.8, 4) is 11.5 Å². The van der Waals surface area contributed by atoms with E-state index in [0.717, 1.165) is 49.7 Å². The number of carbonyl (C=O) groups is 1. The molecule has 4 heteroatoms. The molecular formula is C25H33NO3. The molecule has 1 aliphatic carbocycles. The van der Waals surface area contributed by atoms with Crippen LogP contribution in [0.15, 0.2) is 42.5 Å². The lowest BCUT2D eigenvalue weighted by Crippen LogP contribution is -2.34. The first kappa shape index (κ1) is 21.2. The van der Waals surface area contributed by atoms with Crippen LogP contribution >= 0.6 is 0 Å². The number of unbranched alkanes of at least 4 members (excludes halogenated alkanes) is 2. The van der Waals surface area contributed by atoms with Crippen molar-refractivity contribution in [2.24, 2.45) is 5.41 Å². The molecule has 0 saturated heterocycles. The summed E-state index contributed by atoms with van der Waals surface area (Å²) in [5, 5.41) is 13.4. The monoisotopic (exact) mass is 395 g/mol. The van der Waals surface area contributed by atoms with E-state index in [-0.39, 0.29) is 23.0 Å². The van der Waals surface area contributed by atoms with Crippen molar-refractivity contribution < 1.29 is 14.6 Å². The van der Waals surface area contributed by atoms with Crippen LogP contribution in [0.5, 0.6) is 11.5 Å². The maximum Gasteiger partial charge on any atom is 0.227 e. The van der Waals surface area contributed by atoms with Gasteiger partial charge < -0.3 is 15.2 Å². The quantitative estimate of drug-likeness (QED) is 0.619. The zero-order valence-electron chi connectivity index (χ0n) is 17.8. The van der Waals surface area contributed by atoms with Crippen molar-refractivity contribution in [2.75, 3.05) is 13.7 Å². The zero-order chi connectivity index (χ0) is 20.9. The van der Waals surface area contributed by atoms with Crippen molar-refractivity contribution in [2.45, 2.75) is 58.3 Å². The third-order valence-corrected chi connectivity index (χ3v) is 5.78. The zero-order valence-corrected chi connectivity index (χ0v) is 17.8. The van der Waals surface area contributed by atoms with Crippen LogP contribution in [0.1, 0.15) is 62.1 Å². The fraction of sp³-hybridized carbons (Fsp3) is 0.480. The van der Waals surface area contributed by atoms with Gasteiger partial charge in [-0.2, -0.15) is 0 Å². The Kier molecular flexibility index (Phi) is 6.83. The highest BCUT2D eigenvalue weighted by Crippen LogP contribution is 2.46. The van der Waals surface area contributed by atoms with Gasteiger partial charge in [0.25, 0.3) is 0 Å². The molecule has 2 aromatic carbocycles. The molecule has 2 N–H and O–H groups in total. The first-order chi connectivity index (χ1) is 13.9. The van der Waals surface area contributed by atoms with E-state index < -0.39 is 0 Å². The number of fused-ring (bicyclic) bond motifs is 1. The highest BCUT2D eigenvalue weighted by molar-refractivity contribution is 5.85. The molecule has 1 atom stereocenters. The Morgan fingerprint density at radius 3 is 2.66 bits per heavy atom. The van der Waals surface area contributed by atoms with Gasteiger partial charge in [-0.3, -0.25) is 4.79 Å². The second kappa shape index (κ2) is 9.34. The molecule has 3 rings (SSSR count).